The van der Waals surface area contributed by atoms with E-state index in [1.54, 1.807) is 18.2 Å². The van der Waals surface area contributed by atoms with E-state index in [4.69, 9.17) is 23.1 Å². The minimum Gasteiger partial charge on any atom is -0.383 e. The van der Waals surface area contributed by atoms with Gasteiger partial charge in [-0.15, -0.1) is 0 Å². The average molecular weight is 264 g/mol. The number of nitrogen functional groups attached to an aromatic ring is 1. The number of hydrogen-bond acceptors (Lipinski definition) is 4. The van der Waals surface area contributed by atoms with Crippen molar-refractivity contribution in [1.82, 2.24) is 4.98 Å². The third kappa shape index (κ3) is 2.18. The Bertz CT molecular complexity index is 547. The van der Waals surface area contributed by atoms with Crippen LogP contribution in [0.2, 0.25) is 5.02 Å². The molecule has 18 heavy (non-hydrogen) atoms. The molecule has 1 atom stereocenters. The van der Waals surface area contributed by atoms with E-state index in [1.165, 1.54) is 6.20 Å². The van der Waals surface area contributed by atoms with Gasteiger partial charge in [-0.05, 0) is 11.6 Å². The van der Waals surface area contributed by atoms with Gasteiger partial charge in [0.25, 0.3) is 0 Å². The molecule has 4 nitrogen and oxygen atoms in total. The molecule has 0 radical (unpaired) electrons. The highest BCUT2D eigenvalue weighted by Gasteiger charge is 2.32. The summed E-state index contributed by atoms with van der Waals surface area (Å²) in [4.78, 5) is 3.95. The lowest BCUT2D eigenvalue weighted by atomic mass is 9.86. The second-order valence-electron chi connectivity index (χ2n) is 4.02. The van der Waals surface area contributed by atoms with Gasteiger partial charge in [-0.1, -0.05) is 41.9 Å². The maximum absolute atomic E-state index is 10.8. The van der Waals surface area contributed by atoms with Crippen molar-refractivity contribution < 1.29 is 5.11 Å². The van der Waals surface area contributed by atoms with E-state index in [2.05, 4.69) is 4.98 Å². The summed E-state index contributed by atoms with van der Waals surface area (Å²) in [5, 5.41) is 11.2. The van der Waals surface area contributed by atoms with E-state index in [9.17, 15) is 5.11 Å². The zero-order chi connectivity index (χ0) is 13.2. The molecule has 0 fully saturated rings. The molecular weight excluding hydrogens is 250 g/mol. The summed E-state index contributed by atoms with van der Waals surface area (Å²) < 4.78 is 0. The van der Waals surface area contributed by atoms with Crippen LogP contribution in [0.4, 0.5) is 5.82 Å². The molecule has 2 rings (SSSR count). The highest BCUT2D eigenvalue weighted by molar-refractivity contribution is 6.30. The highest BCUT2D eigenvalue weighted by Crippen LogP contribution is 2.32. The Morgan fingerprint density at radius 3 is 2.56 bits per heavy atom. The summed E-state index contributed by atoms with van der Waals surface area (Å²) in [7, 11) is 0. The van der Waals surface area contributed by atoms with Crippen molar-refractivity contribution >= 4 is 17.4 Å². The van der Waals surface area contributed by atoms with Gasteiger partial charge in [-0.2, -0.15) is 0 Å². The van der Waals surface area contributed by atoms with E-state index in [1.807, 2.05) is 18.2 Å². The van der Waals surface area contributed by atoms with E-state index >= 15 is 0 Å². The molecule has 1 aromatic heterocycles. The van der Waals surface area contributed by atoms with Crippen LogP contribution in [0, 0.1) is 0 Å². The van der Waals surface area contributed by atoms with Gasteiger partial charge < -0.3 is 16.6 Å². The Balaban J connectivity index is 2.60. The molecule has 0 amide bonds. The van der Waals surface area contributed by atoms with Crippen LogP contribution in [0.15, 0.2) is 42.6 Å². The molecular formula is C13H14ClN3O. The topological polar surface area (TPSA) is 85.2 Å². The largest absolute Gasteiger partial charge is 0.383 e. The van der Waals surface area contributed by atoms with E-state index in [0.717, 1.165) is 0 Å². The summed E-state index contributed by atoms with van der Waals surface area (Å²) in [5.41, 5.74) is 11.2. The number of nitrogens with two attached hydrogens (primary N) is 2. The first-order chi connectivity index (χ1) is 8.58. The van der Waals surface area contributed by atoms with Crippen LogP contribution < -0.4 is 11.5 Å². The number of halogens is 1. The fourth-order valence-electron chi connectivity index (χ4n) is 1.88. The number of benzene rings is 1. The predicted octanol–water partition coefficient (Wildman–Crippen LogP) is 1.51. The molecule has 0 aliphatic carbocycles. The Morgan fingerprint density at radius 1 is 1.28 bits per heavy atom. The normalized spacial score (nSPS) is 14.2. The monoisotopic (exact) mass is 263 g/mol. The first kappa shape index (κ1) is 12.8. The van der Waals surface area contributed by atoms with Gasteiger partial charge in [0.1, 0.15) is 11.4 Å². The van der Waals surface area contributed by atoms with Crippen molar-refractivity contribution in [3.63, 3.8) is 0 Å². The standard InChI is InChI=1S/C13H14ClN3O/c14-10-6-11(12(16)17-7-10)13(18,8-15)9-4-2-1-3-5-9/h1-7,18H,8,15H2,(H2,16,17). The van der Waals surface area contributed by atoms with Gasteiger partial charge in [0.05, 0.1) is 5.02 Å². The Labute approximate surface area is 110 Å². The fraction of sp³-hybridized carbons (Fsp3) is 0.154. The van der Waals surface area contributed by atoms with Gasteiger partial charge in [0, 0.05) is 18.3 Å². The summed E-state index contributed by atoms with van der Waals surface area (Å²) in [6.07, 6.45) is 1.43. The predicted molar refractivity (Wildman–Crippen MR) is 72.2 cm³/mol. The lowest BCUT2D eigenvalue weighted by Gasteiger charge is -2.28. The average Bonchev–Trinajstić information content (AvgIpc) is 2.41. The summed E-state index contributed by atoms with van der Waals surface area (Å²) >= 11 is 5.90. The Kier molecular flexibility index (Phi) is 3.52. The van der Waals surface area contributed by atoms with Gasteiger partial charge in [-0.25, -0.2) is 4.98 Å². The first-order valence-electron chi connectivity index (χ1n) is 5.47. The summed E-state index contributed by atoms with van der Waals surface area (Å²) in [6.45, 7) is -0.0107. The number of aliphatic hydroxyl groups is 1. The van der Waals surface area contributed by atoms with Crippen molar-refractivity contribution in [2.75, 3.05) is 12.3 Å². The van der Waals surface area contributed by atoms with Gasteiger partial charge in [0.2, 0.25) is 0 Å². The minimum absolute atomic E-state index is 0.0107. The first-order valence-corrected chi connectivity index (χ1v) is 5.85. The number of anilines is 1. The second kappa shape index (κ2) is 4.94. The maximum atomic E-state index is 10.8. The molecule has 5 heteroatoms. The third-order valence-electron chi connectivity index (χ3n) is 2.88. The van der Waals surface area contributed by atoms with Crippen LogP contribution in [0.5, 0.6) is 0 Å². The molecule has 1 unspecified atom stereocenters. The quantitative estimate of drug-likeness (QED) is 0.784. The van der Waals surface area contributed by atoms with E-state index < -0.39 is 5.60 Å². The zero-order valence-electron chi connectivity index (χ0n) is 9.68. The lowest BCUT2D eigenvalue weighted by molar-refractivity contribution is 0.0907. The molecule has 1 heterocycles. The smallest absolute Gasteiger partial charge is 0.130 e. The summed E-state index contributed by atoms with van der Waals surface area (Å²) in [5.74, 6) is 0.219. The number of rotatable bonds is 3. The molecule has 0 aliphatic heterocycles. The van der Waals surface area contributed by atoms with Crippen LogP contribution in [-0.4, -0.2) is 16.6 Å². The molecule has 0 spiro atoms. The van der Waals surface area contributed by atoms with Crippen molar-refractivity contribution in [2.24, 2.45) is 5.73 Å². The summed E-state index contributed by atoms with van der Waals surface area (Å²) in [6, 6.07) is 10.7. The Morgan fingerprint density at radius 2 is 1.94 bits per heavy atom. The van der Waals surface area contributed by atoms with Crippen molar-refractivity contribution in [3.8, 4) is 0 Å². The fourth-order valence-corrected chi connectivity index (χ4v) is 2.04. The maximum Gasteiger partial charge on any atom is 0.130 e. The van der Waals surface area contributed by atoms with Crippen molar-refractivity contribution in [2.45, 2.75) is 5.60 Å². The molecule has 0 saturated heterocycles. The van der Waals surface area contributed by atoms with Gasteiger partial charge >= 0.3 is 0 Å². The van der Waals surface area contributed by atoms with Crippen molar-refractivity contribution in [3.05, 3.63) is 58.7 Å². The van der Waals surface area contributed by atoms with E-state index in [0.29, 0.717) is 16.1 Å². The molecule has 0 aliphatic rings. The van der Waals surface area contributed by atoms with Crippen LogP contribution in [0.3, 0.4) is 0 Å². The Hall–Kier alpha value is -1.62. The molecule has 2 aromatic rings. The van der Waals surface area contributed by atoms with Gasteiger partial charge in [0.15, 0.2) is 0 Å². The van der Waals surface area contributed by atoms with Crippen LogP contribution in [-0.2, 0) is 5.60 Å². The minimum atomic E-state index is -1.39. The molecule has 0 bridgehead atoms. The van der Waals surface area contributed by atoms with Crippen LogP contribution >= 0.6 is 11.6 Å². The third-order valence-corrected chi connectivity index (χ3v) is 3.08. The molecule has 1 aromatic carbocycles. The lowest BCUT2D eigenvalue weighted by Crippen LogP contribution is -2.37. The number of nitrogens with zero attached hydrogens (tertiary/aromatic N) is 1. The molecule has 94 valence electrons. The SMILES string of the molecule is NCC(O)(c1ccccc1)c1cc(Cl)cnc1N. The van der Waals surface area contributed by atoms with Crippen LogP contribution in [0.25, 0.3) is 0 Å². The number of pyridine rings is 1. The number of hydrogen-bond donors (Lipinski definition) is 3. The zero-order valence-corrected chi connectivity index (χ0v) is 10.4. The van der Waals surface area contributed by atoms with Crippen LogP contribution in [0.1, 0.15) is 11.1 Å². The molecule has 0 saturated carbocycles. The van der Waals surface area contributed by atoms with Gasteiger partial charge in [-0.3, -0.25) is 0 Å². The van der Waals surface area contributed by atoms with Crippen molar-refractivity contribution in [1.29, 1.82) is 0 Å². The highest BCUT2D eigenvalue weighted by atomic mass is 35.5. The molecule has 5 N–H and O–H groups in total. The number of aromatic nitrogens is 1. The van der Waals surface area contributed by atoms with E-state index in [-0.39, 0.29) is 12.4 Å². The second-order valence-corrected chi connectivity index (χ2v) is 4.45.